The lowest BCUT2D eigenvalue weighted by Crippen LogP contribution is -2.50. The number of carbonyl (C=O) groups is 1. The molecule has 3 heterocycles. The number of hydrazone groups is 1. The number of rotatable bonds is 4. The number of carbonyl (C=O) groups excluding carboxylic acids is 1. The highest BCUT2D eigenvalue weighted by molar-refractivity contribution is 6.36. The average Bonchev–Trinajstić information content (AvgIpc) is 3.05. The van der Waals surface area contributed by atoms with Crippen LogP contribution in [-0.2, 0) is 4.79 Å². The van der Waals surface area contributed by atoms with E-state index in [9.17, 15) is 9.90 Å². The highest BCUT2D eigenvalue weighted by Gasteiger charge is 2.40. The summed E-state index contributed by atoms with van der Waals surface area (Å²) in [5, 5.41) is 15.2. The summed E-state index contributed by atoms with van der Waals surface area (Å²) in [4.78, 5) is 23.5. The molecule has 0 spiro atoms. The van der Waals surface area contributed by atoms with Crippen molar-refractivity contribution >= 4 is 46.2 Å². The molecule has 2 aliphatic heterocycles. The first-order valence-electron chi connectivity index (χ1n) is 8.80. The molecule has 2 aliphatic rings. The van der Waals surface area contributed by atoms with E-state index < -0.39 is 12.3 Å². The lowest BCUT2D eigenvalue weighted by molar-refractivity contribution is -0.128. The summed E-state index contributed by atoms with van der Waals surface area (Å²) >= 11 is 12.6. The van der Waals surface area contributed by atoms with Crippen molar-refractivity contribution in [3.8, 4) is 0 Å². The number of nitrogens with one attached hydrogen (secondary N) is 1. The first kappa shape index (κ1) is 18.9. The van der Waals surface area contributed by atoms with Gasteiger partial charge in [0.25, 0.3) is 0 Å². The van der Waals surface area contributed by atoms with Gasteiger partial charge in [-0.05, 0) is 24.6 Å². The summed E-state index contributed by atoms with van der Waals surface area (Å²) in [6.07, 6.45) is -1.62. The van der Waals surface area contributed by atoms with Crippen molar-refractivity contribution in [2.24, 2.45) is 10.1 Å². The number of nitrogens with zero attached hydrogens (tertiary/aromatic N) is 4. The van der Waals surface area contributed by atoms with Gasteiger partial charge in [-0.3, -0.25) is 20.1 Å². The summed E-state index contributed by atoms with van der Waals surface area (Å²) < 4.78 is 0. The molecule has 9 heteroatoms. The zero-order valence-corrected chi connectivity index (χ0v) is 16.4. The number of aromatic nitrogens is 1. The largest absolute Gasteiger partial charge is 0.385 e. The number of hydrogen-bond acceptors (Lipinski definition) is 7. The molecule has 0 fully saturated rings. The highest BCUT2D eigenvalue weighted by atomic mass is 35.5. The number of halogens is 2. The molecule has 28 heavy (non-hydrogen) atoms. The zero-order valence-electron chi connectivity index (χ0n) is 14.9. The quantitative estimate of drug-likeness (QED) is 0.746. The first-order chi connectivity index (χ1) is 13.5. The van der Waals surface area contributed by atoms with Crippen molar-refractivity contribution in [3.63, 3.8) is 0 Å². The van der Waals surface area contributed by atoms with Crippen LogP contribution in [0.15, 0.2) is 46.5 Å². The van der Waals surface area contributed by atoms with Gasteiger partial charge in [-0.25, -0.2) is 4.98 Å². The lowest BCUT2D eigenvalue weighted by atomic mass is 10.0. The van der Waals surface area contributed by atoms with Crippen LogP contribution in [0.5, 0.6) is 0 Å². The number of ketones is 1. The average molecular weight is 418 g/mol. The van der Waals surface area contributed by atoms with E-state index in [-0.39, 0.29) is 12.3 Å². The van der Waals surface area contributed by atoms with Gasteiger partial charge in [-0.1, -0.05) is 48.3 Å². The zero-order chi connectivity index (χ0) is 19.8. The van der Waals surface area contributed by atoms with E-state index in [0.717, 1.165) is 0 Å². The third-order valence-electron chi connectivity index (χ3n) is 4.67. The Hall–Kier alpha value is -2.48. The molecule has 2 atom stereocenters. The third-order valence-corrected chi connectivity index (χ3v) is 5.21. The molecular weight excluding hydrogens is 401 g/mol. The van der Waals surface area contributed by atoms with Crippen LogP contribution in [0.1, 0.15) is 24.6 Å². The van der Waals surface area contributed by atoms with Crippen molar-refractivity contribution < 1.29 is 9.90 Å². The van der Waals surface area contributed by atoms with E-state index >= 15 is 0 Å². The topological polar surface area (TPSA) is 90.2 Å². The molecule has 1 aromatic heterocycles. The Balaban J connectivity index is 1.86. The van der Waals surface area contributed by atoms with Crippen LogP contribution in [0.3, 0.4) is 0 Å². The van der Waals surface area contributed by atoms with Gasteiger partial charge in [0, 0.05) is 5.56 Å². The number of pyridine rings is 1. The van der Waals surface area contributed by atoms with Gasteiger partial charge in [-0.2, -0.15) is 5.10 Å². The van der Waals surface area contributed by atoms with Crippen molar-refractivity contribution in [1.29, 1.82) is 0 Å². The number of hydrogen-bond donors (Lipinski definition) is 2. The lowest BCUT2D eigenvalue weighted by Gasteiger charge is -2.27. The van der Waals surface area contributed by atoms with Crippen LogP contribution in [-0.4, -0.2) is 46.2 Å². The summed E-state index contributed by atoms with van der Waals surface area (Å²) in [7, 11) is 0. The molecular formula is C19H17Cl2N5O2. The fourth-order valence-electron chi connectivity index (χ4n) is 3.25. The predicted octanol–water partition coefficient (Wildman–Crippen LogP) is 2.63. The number of benzene rings is 1. The van der Waals surface area contributed by atoms with Crippen LogP contribution in [0.2, 0.25) is 10.2 Å². The normalized spacial score (nSPS) is 19.0. The monoisotopic (exact) mass is 417 g/mol. The molecule has 0 saturated heterocycles. The number of Topliss-reactive ketones (excluding diaryl/α,β-unsaturated/α-hetero) is 1. The Bertz CT molecular complexity index is 1010. The number of amidine groups is 1. The van der Waals surface area contributed by atoms with Gasteiger partial charge >= 0.3 is 0 Å². The summed E-state index contributed by atoms with van der Waals surface area (Å²) in [5.41, 5.74) is 5.21. The van der Waals surface area contributed by atoms with Crippen molar-refractivity contribution in [1.82, 2.24) is 10.4 Å². The number of aliphatic imine (C=N–C) groups is 1. The maximum Gasteiger partial charge on any atom is 0.205 e. The Morgan fingerprint density at radius 2 is 2.11 bits per heavy atom. The van der Waals surface area contributed by atoms with Crippen LogP contribution in [0, 0.1) is 0 Å². The van der Waals surface area contributed by atoms with Gasteiger partial charge in [0.15, 0.2) is 12.0 Å². The van der Waals surface area contributed by atoms with E-state index in [1.54, 1.807) is 30.0 Å². The van der Waals surface area contributed by atoms with Crippen molar-refractivity contribution in [2.75, 3.05) is 11.4 Å². The van der Waals surface area contributed by atoms with Crippen molar-refractivity contribution in [3.05, 3.63) is 57.8 Å². The highest BCUT2D eigenvalue weighted by Crippen LogP contribution is 2.32. The first-order valence-corrected chi connectivity index (χ1v) is 9.56. The van der Waals surface area contributed by atoms with E-state index in [0.29, 0.717) is 45.1 Å². The molecule has 0 amide bonds. The molecule has 2 unspecified atom stereocenters. The number of aliphatic hydroxyl groups is 1. The fraction of sp³-hybridized carbons (Fsp3) is 0.263. The maximum absolute atomic E-state index is 12.7. The minimum Gasteiger partial charge on any atom is -0.385 e. The molecule has 0 bridgehead atoms. The third kappa shape index (κ3) is 3.15. The van der Waals surface area contributed by atoms with Crippen LogP contribution in [0.4, 0.5) is 5.69 Å². The molecule has 0 aliphatic carbocycles. The summed E-state index contributed by atoms with van der Waals surface area (Å²) in [5.74, 6) is 0.178. The Kier molecular flexibility index (Phi) is 5.05. The maximum atomic E-state index is 12.7. The summed E-state index contributed by atoms with van der Waals surface area (Å²) in [6, 6.07) is 10.7. The Labute approximate surface area is 171 Å². The molecule has 0 saturated carbocycles. The van der Waals surface area contributed by atoms with Crippen LogP contribution < -0.4 is 10.3 Å². The molecule has 2 aromatic rings. The molecule has 7 nitrogen and oxygen atoms in total. The number of anilines is 1. The van der Waals surface area contributed by atoms with Crippen LogP contribution in [0.25, 0.3) is 0 Å². The second-order valence-corrected chi connectivity index (χ2v) is 7.20. The predicted molar refractivity (Wildman–Crippen MR) is 109 cm³/mol. The van der Waals surface area contributed by atoms with E-state index in [2.05, 4.69) is 20.5 Å². The van der Waals surface area contributed by atoms with Gasteiger partial charge < -0.3 is 5.11 Å². The van der Waals surface area contributed by atoms with Gasteiger partial charge in [0.2, 0.25) is 5.78 Å². The molecule has 144 valence electrons. The van der Waals surface area contributed by atoms with E-state index in [1.165, 1.54) is 0 Å². The number of aliphatic hydroxyl groups excluding tert-OH is 1. The molecule has 0 radical (unpaired) electrons. The minimum absolute atomic E-state index is 0.216. The second kappa shape index (κ2) is 7.50. The molecule has 4 rings (SSSR count). The molecule has 2 N–H and O–H groups in total. The Morgan fingerprint density at radius 3 is 2.86 bits per heavy atom. The minimum atomic E-state index is -1.09. The van der Waals surface area contributed by atoms with Crippen molar-refractivity contribution in [2.45, 2.75) is 25.6 Å². The van der Waals surface area contributed by atoms with Gasteiger partial charge in [-0.15, -0.1) is 0 Å². The smallest absolute Gasteiger partial charge is 0.205 e. The second-order valence-electron chi connectivity index (χ2n) is 6.40. The van der Waals surface area contributed by atoms with Gasteiger partial charge in [0.1, 0.15) is 17.0 Å². The Morgan fingerprint density at radius 1 is 1.32 bits per heavy atom. The van der Waals surface area contributed by atoms with Crippen LogP contribution >= 0.6 is 23.2 Å². The summed E-state index contributed by atoms with van der Waals surface area (Å²) in [6.45, 7) is 1.96. The van der Waals surface area contributed by atoms with Gasteiger partial charge in [0.05, 0.1) is 23.0 Å². The number of fused-ring (bicyclic) bond motifs is 3. The fourth-order valence-corrected chi connectivity index (χ4v) is 3.62. The molecule has 1 aromatic carbocycles. The van der Waals surface area contributed by atoms with E-state index in [1.807, 2.05) is 18.2 Å². The SMILES string of the molecule is CCC(O)C(=O)C1NN=C2CN=C(c3ccccc3Cl)c3nc(Cl)ccc3N21. The standard InChI is InChI=1S/C19H17Cl2N5O2/c1-2-13(27)18(28)19-25-24-15-9-22-16(10-5-3-4-6-11(10)20)17-12(26(15)19)7-8-14(21)23-17/h3-8,13,19,25,27H,2,9H2,1H3. The van der Waals surface area contributed by atoms with E-state index in [4.69, 9.17) is 23.2 Å².